The van der Waals surface area contributed by atoms with E-state index in [1.807, 2.05) is 13.0 Å². The second kappa shape index (κ2) is 9.03. The zero-order valence-electron chi connectivity index (χ0n) is 17.8. The number of rotatable bonds is 4. The van der Waals surface area contributed by atoms with E-state index in [9.17, 15) is 18.8 Å². The van der Waals surface area contributed by atoms with Gasteiger partial charge in [-0.05, 0) is 60.2 Å². The van der Waals surface area contributed by atoms with Gasteiger partial charge in [0.05, 0.1) is 30.8 Å². The number of carbonyl (C=O) groups excluding carboxylic acids is 2. The minimum Gasteiger partial charge on any atom is -0.464 e. The van der Waals surface area contributed by atoms with Crippen LogP contribution in [0.15, 0.2) is 35.1 Å². The summed E-state index contributed by atoms with van der Waals surface area (Å²) in [6.45, 7) is 2.19. The Labute approximate surface area is 198 Å². The molecule has 0 radical (unpaired) electrons. The molecular formula is C23H20Cl2FN3O4. The van der Waals surface area contributed by atoms with Crippen molar-refractivity contribution in [3.8, 4) is 0 Å². The number of esters is 1. The maximum atomic E-state index is 14.6. The van der Waals surface area contributed by atoms with Crippen LogP contribution >= 0.6 is 23.2 Å². The number of nitrogens with zero attached hydrogens (tertiary/aromatic N) is 1. The van der Waals surface area contributed by atoms with Gasteiger partial charge in [0.25, 0.3) is 5.56 Å². The fourth-order valence-electron chi connectivity index (χ4n) is 4.16. The first-order valence-electron chi connectivity index (χ1n) is 10.2. The van der Waals surface area contributed by atoms with Gasteiger partial charge >= 0.3 is 5.97 Å². The molecule has 1 amide bonds. The van der Waals surface area contributed by atoms with Gasteiger partial charge in [0.2, 0.25) is 5.91 Å². The summed E-state index contributed by atoms with van der Waals surface area (Å²) in [5, 5.41) is 4.26. The molecular weight excluding hydrogens is 472 g/mol. The molecule has 0 fully saturated rings. The maximum absolute atomic E-state index is 14.6. The molecule has 0 saturated carbocycles. The Balaban J connectivity index is 1.55. The fraction of sp³-hybridized carbons (Fsp3) is 0.261. The molecule has 33 heavy (non-hydrogen) atoms. The van der Waals surface area contributed by atoms with Crippen molar-refractivity contribution in [1.82, 2.24) is 9.88 Å². The molecule has 10 heteroatoms. The Morgan fingerprint density at radius 2 is 2.00 bits per heavy atom. The topological polar surface area (TPSA) is 91.5 Å². The summed E-state index contributed by atoms with van der Waals surface area (Å²) in [7, 11) is 1.19. The number of ether oxygens (including phenoxy) is 1. The zero-order valence-corrected chi connectivity index (χ0v) is 19.3. The fourth-order valence-corrected chi connectivity index (χ4v) is 4.85. The van der Waals surface area contributed by atoms with Crippen molar-refractivity contribution in [3.63, 3.8) is 0 Å². The monoisotopic (exact) mass is 491 g/mol. The molecule has 1 aromatic heterocycles. The van der Waals surface area contributed by atoms with Crippen LogP contribution < -0.4 is 10.9 Å². The van der Waals surface area contributed by atoms with E-state index in [0.29, 0.717) is 28.4 Å². The SMILES string of the molecule is COC(=O)c1cc2cc(NCC(=O)N3CCc4cc(Cl)cc(Cl)c4[C@@H]3C)c(F)cc2c(=O)[nH]1. The number of halogens is 3. The molecule has 0 spiro atoms. The molecule has 4 rings (SSSR count). The van der Waals surface area contributed by atoms with E-state index in [1.165, 1.54) is 19.2 Å². The highest BCUT2D eigenvalue weighted by Crippen LogP contribution is 2.37. The summed E-state index contributed by atoms with van der Waals surface area (Å²) in [6.07, 6.45) is 0.606. The van der Waals surface area contributed by atoms with Gasteiger partial charge in [-0.1, -0.05) is 23.2 Å². The van der Waals surface area contributed by atoms with Gasteiger partial charge in [-0.25, -0.2) is 9.18 Å². The Morgan fingerprint density at radius 3 is 2.73 bits per heavy atom. The Morgan fingerprint density at radius 1 is 1.24 bits per heavy atom. The van der Waals surface area contributed by atoms with E-state index in [2.05, 4.69) is 15.0 Å². The van der Waals surface area contributed by atoms with Gasteiger partial charge in [0.15, 0.2) is 0 Å². The number of carbonyl (C=O) groups is 2. The number of amides is 1. The van der Waals surface area contributed by atoms with E-state index in [-0.39, 0.29) is 35.3 Å². The first kappa shape index (κ1) is 23.1. The highest BCUT2D eigenvalue weighted by molar-refractivity contribution is 6.35. The number of methoxy groups -OCH3 is 1. The Bertz CT molecular complexity index is 1340. The van der Waals surface area contributed by atoms with Crippen LogP contribution in [0.4, 0.5) is 10.1 Å². The Hall–Kier alpha value is -3.10. The number of hydrogen-bond acceptors (Lipinski definition) is 5. The number of fused-ring (bicyclic) bond motifs is 2. The van der Waals surface area contributed by atoms with E-state index >= 15 is 0 Å². The highest BCUT2D eigenvalue weighted by Gasteiger charge is 2.29. The third-order valence-corrected chi connectivity index (χ3v) is 6.31. The van der Waals surface area contributed by atoms with Crippen LogP contribution in [0.1, 0.15) is 34.6 Å². The van der Waals surface area contributed by atoms with Crippen molar-refractivity contribution in [3.05, 3.63) is 73.4 Å². The summed E-state index contributed by atoms with van der Waals surface area (Å²) in [5.74, 6) is -1.65. The number of pyridine rings is 1. The molecule has 7 nitrogen and oxygen atoms in total. The lowest BCUT2D eigenvalue weighted by Crippen LogP contribution is -2.42. The van der Waals surface area contributed by atoms with Gasteiger partial charge in [-0.2, -0.15) is 0 Å². The van der Waals surface area contributed by atoms with Gasteiger partial charge < -0.3 is 19.9 Å². The standard InChI is InChI=1S/C23H20Cl2FN3O4/c1-11-21-12(5-14(24)8-16(21)25)3-4-29(11)20(30)10-27-18-6-13-7-19(23(32)33-2)28-22(31)15(13)9-17(18)26/h5-9,11,27H,3-4,10H2,1-2H3,(H,28,31)/t11-/m0/s1. The van der Waals surface area contributed by atoms with Gasteiger partial charge in [-0.3, -0.25) is 9.59 Å². The maximum Gasteiger partial charge on any atom is 0.354 e. The number of anilines is 1. The normalized spacial score (nSPS) is 15.3. The summed E-state index contributed by atoms with van der Waals surface area (Å²) < 4.78 is 19.2. The minimum atomic E-state index is -0.720. The molecule has 0 saturated heterocycles. The summed E-state index contributed by atoms with van der Waals surface area (Å²) in [6, 6.07) is 7.08. The minimum absolute atomic E-state index is 0.0344. The lowest BCUT2D eigenvalue weighted by atomic mass is 9.93. The number of hydrogen-bond donors (Lipinski definition) is 2. The quantitative estimate of drug-likeness (QED) is 0.530. The molecule has 0 aliphatic carbocycles. The van der Waals surface area contributed by atoms with Crippen molar-refractivity contribution < 1.29 is 18.7 Å². The second-order valence-corrected chi connectivity index (χ2v) is 8.59. The van der Waals surface area contributed by atoms with E-state index < -0.39 is 17.3 Å². The van der Waals surface area contributed by atoms with E-state index in [0.717, 1.165) is 17.2 Å². The highest BCUT2D eigenvalue weighted by atomic mass is 35.5. The predicted molar refractivity (Wildman–Crippen MR) is 125 cm³/mol. The van der Waals surface area contributed by atoms with Gasteiger partial charge in [-0.15, -0.1) is 0 Å². The van der Waals surface area contributed by atoms with Crippen LogP contribution in [0, 0.1) is 5.82 Å². The van der Waals surface area contributed by atoms with Gasteiger partial charge in [0.1, 0.15) is 11.5 Å². The van der Waals surface area contributed by atoms with Crippen LogP contribution in [-0.4, -0.2) is 42.0 Å². The van der Waals surface area contributed by atoms with Crippen molar-refractivity contribution in [1.29, 1.82) is 0 Å². The molecule has 172 valence electrons. The largest absolute Gasteiger partial charge is 0.464 e. The third-order valence-electron chi connectivity index (χ3n) is 5.77. The zero-order chi connectivity index (χ0) is 23.9. The number of aromatic amines is 1. The molecule has 1 atom stereocenters. The molecule has 2 heterocycles. The van der Waals surface area contributed by atoms with Crippen LogP contribution in [0.3, 0.4) is 0 Å². The lowest BCUT2D eigenvalue weighted by molar-refractivity contribution is -0.131. The molecule has 0 unspecified atom stereocenters. The van der Waals surface area contributed by atoms with Crippen molar-refractivity contribution in [2.75, 3.05) is 25.5 Å². The first-order valence-corrected chi connectivity index (χ1v) is 10.9. The smallest absolute Gasteiger partial charge is 0.354 e. The summed E-state index contributed by atoms with van der Waals surface area (Å²) in [5.41, 5.74) is 1.22. The molecule has 3 aromatic rings. The van der Waals surface area contributed by atoms with Crippen LogP contribution in [0.25, 0.3) is 10.8 Å². The molecule has 2 N–H and O–H groups in total. The number of nitrogens with one attached hydrogen (secondary N) is 2. The van der Waals surface area contributed by atoms with Crippen LogP contribution in [0.5, 0.6) is 0 Å². The molecule has 2 aromatic carbocycles. The second-order valence-electron chi connectivity index (χ2n) is 7.75. The number of H-pyrrole nitrogens is 1. The van der Waals surface area contributed by atoms with Crippen LogP contribution in [0.2, 0.25) is 10.0 Å². The summed E-state index contributed by atoms with van der Waals surface area (Å²) in [4.78, 5) is 41.0. The van der Waals surface area contributed by atoms with Crippen molar-refractivity contribution in [2.24, 2.45) is 0 Å². The number of aromatic nitrogens is 1. The summed E-state index contributed by atoms with van der Waals surface area (Å²) >= 11 is 12.5. The average molecular weight is 492 g/mol. The first-order chi connectivity index (χ1) is 15.7. The third kappa shape index (κ3) is 4.41. The molecule has 0 bridgehead atoms. The van der Waals surface area contributed by atoms with E-state index in [4.69, 9.17) is 23.2 Å². The van der Waals surface area contributed by atoms with Gasteiger partial charge in [0, 0.05) is 16.6 Å². The number of benzene rings is 2. The average Bonchev–Trinajstić information content (AvgIpc) is 2.77. The van der Waals surface area contributed by atoms with Crippen molar-refractivity contribution in [2.45, 2.75) is 19.4 Å². The molecule has 1 aliphatic rings. The Kier molecular flexibility index (Phi) is 6.32. The van der Waals surface area contributed by atoms with E-state index in [1.54, 1.807) is 11.0 Å². The van der Waals surface area contributed by atoms with Crippen molar-refractivity contribution >= 4 is 51.5 Å². The molecule has 1 aliphatic heterocycles. The predicted octanol–water partition coefficient (Wildman–Crippen LogP) is 4.32. The lowest BCUT2D eigenvalue weighted by Gasteiger charge is -2.36. The van der Waals surface area contributed by atoms with Crippen LogP contribution in [-0.2, 0) is 16.0 Å².